The first-order valence-electron chi connectivity index (χ1n) is 12.0. The van der Waals surface area contributed by atoms with E-state index < -0.39 is 5.60 Å². The summed E-state index contributed by atoms with van der Waals surface area (Å²) in [4.78, 5) is 16.8. The zero-order valence-corrected chi connectivity index (χ0v) is 22.1. The van der Waals surface area contributed by atoms with Crippen LogP contribution in [0.4, 0.5) is 10.5 Å². The van der Waals surface area contributed by atoms with E-state index in [4.69, 9.17) is 25.8 Å². The molecule has 34 heavy (non-hydrogen) atoms. The summed E-state index contributed by atoms with van der Waals surface area (Å²) in [6.45, 7) is 9.93. The van der Waals surface area contributed by atoms with Gasteiger partial charge in [0.25, 0.3) is 0 Å². The molecule has 0 fully saturated rings. The first-order valence-corrected chi connectivity index (χ1v) is 12.3. The molecule has 0 bridgehead atoms. The summed E-state index contributed by atoms with van der Waals surface area (Å²) in [6.07, 6.45) is 8.96. The van der Waals surface area contributed by atoms with Gasteiger partial charge in [0.2, 0.25) is 0 Å². The molecule has 0 spiro atoms. The van der Waals surface area contributed by atoms with Crippen molar-refractivity contribution < 1.29 is 19.0 Å². The number of ether oxygens (including phenoxy) is 3. The average Bonchev–Trinajstić information content (AvgIpc) is 2.99. The molecule has 1 aliphatic carbocycles. The summed E-state index contributed by atoms with van der Waals surface area (Å²) >= 11 is 6.32. The third kappa shape index (κ3) is 5.72. The Balaban J connectivity index is 2.01. The van der Waals surface area contributed by atoms with E-state index in [0.717, 1.165) is 36.4 Å². The van der Waals surface area contributed by atoms with E-state index in [-0.39, 0.29) is 18.2 Å². The molecule has 0 saturated heterocycles. The summed E-state index contributed by atoms with van der Waals surface area (Å²) in [5.41, 5.74) is 1.36. The van der Waals surface area contributed by atoms with Crippen LogP contribution in [0.15, 0.2) is 53.6 Å². The van der Waals surface area contributed by atoms with Crippen LogP contribution in [-0.2, 0) is 9.47 Å². The number of allylic oxidation sites excluding steroid dienone is 3. The number of amides is 1. The maximum atomic E-state index is 12.8. The standard InChI is InChI=1S/C27H37ClN2O4/c1-8-19(29(6)26(31)34-27(3,4)5)17-20(9-2)30-21-15-14-18(28)16-24(21)33-25-22(30)12-10-11-13-23(25)32-7/h10-12,14-16,19-20H,8-9,13,17H2,1-7H3. The van der Waals surface area contributed by atoms with Crippen LogP contribution < -0.4 is 9.64 Å². The quantitative estimate of drug-likeness (QED) is 0.411. The van der Waals surface area contributed by atoms with Crippen molar-refractivity contribution >= 4 is 23.4 Å². The molecule has 6 nitrogen and oxygen atoms in total. The van der Waals surface area contributed by atoms with Crippen LogP contribution in [0.3, 0.4) is 0 Å². The highest BCUT2D eigenvalue weighted by Crippen LogP contribution is 2.45. The van der Waals surface area contributed by atoms with Crippen molar-refractivity contribution in [3.8, 4) is 5.75 Å². The van der Waals surface area contributed by atoms with Crippen molar-refractivity contribution in [3.05, 3.63) is 58.7 Å². The fourth-order valence-corrected chi connectivity index (χ4v) is 4.53. The van der Waals surface area contributed by atoms with Gasteiger partial charge in [-0.25, -0.2) is 4.79 Å². The lowest BCUT2D eigenvalue weighted by atomic mass is 9.97. The fourth-order valence-electron chi connectivity index (χ4n) is 4.37. The zero-order chi connectivity index (χ0) is 25.0. The van der Waals surface area contributed by atoms with Crippen molar-refractivity contribution in [1.29, 1.82) is 0 Å². The van der Waals surface area contributed by atoms with Gasteiger partial charge < -0.3 is 24.0 Å². The van der Waals surface area contributed by atoms with E-state index in [1.165, 1.54) is 0 Å². The molecular formula is C27H37ClN2O4. The molecule has 0 saturated carbocycles. The predicted molar refractivity (Wildman–Crippen MR) is 137 cm³/mol. The van der Waals surface area contributed by atoms with Crippen LogP contribution in [0.1, 0.15) is 60.3 Å². The second-order valence-electron chi connectivity index (χ2n) is 9.68. The van der Waals surface area contributed by atoms with Crippen molar-refractivity contribution in [2.24, 2.45) is 0 Å². The second-order valence-corrected chi connectivity index (χ2v) is 10.1. The molecule has 1 aromatic carbocycles. The lowest BCUT2D eigenvalue weighted by Gasteiger charge is -2.42. The number of hydrogen-bond acceptors (Lipinski definition) is 5. The van der Waals surface area contributed by atoms with Gasteiger partial charge in [0.15, 0.2) is 11.5 Å². The van der Waals surface area contributed by atoms with Crippen LogP contribution in [0.5, 0.6) is 5.75 Å². The Morgan fingerprint density at radius 3 is 2.62 bits per heavy atom. The van der Waals surface area contributed by atoms with Crippen LogP contribution in [-0.4, -0.2) is 42.8 Å². The molecule has 2 aliphatic rings. The Bertz CT molecular complexity index is 993. The lowest BCUT2D eigenvalue weighted by Crippen LogP contribution is -2.46. The highest BCUT2D eigenvalue weighted by molar-refractivity contribution is 6.30. The molecule has 1 aromatic rings. The van der Waals surface area contributed by atoms with Crippen molar-refractivity contribution in [3.63, 3.8) is 0 Å². The first-order chi connectivity index (χ1) is 16.1. The summed E-state index contributed by atoms with van der Waals surface area (Å²) in [5, 5.41) is 0.613. The molecular weight excluding hydrogens is 452 g/mol. The number of fused-ring (bicyclic) bond motifs is 2. The van der Waals surface area contributed by atoms with Crippen LogP contribution in [0.2, 0.25) is 5.02 Å². The molecule has 1 heterocycles. The SMILES string of the molecule is CCC(CC(CC)N1C2=CC=CCC(OC)=C2Oc2cc(Cl)ccc21)N(C)C(=O)OC(C)(C)C. The minimum Gasteiger partial charge on any atom is -0.497 e. The normalized spacial score (nSPS) is 17.1. The number of carbonyl (C=O) groups excluding carboxylic acids is 1. The minimum atomic E-state index is -0.538. The topological polar surface area (TPSA) is 51.2 Å². The maximum absolute atomic E-state index is 12.8. The van der Waals surface area contributed by atoms with E-state index in [9.17, 15) is 4.79 Å². The summed E-state index contributed by atoms with van der Waals surface area (Å²) in [7, 11) is 3.49. The summed E-state index contributed by atoms with van der Waals surface area (Å²) < 4.78 is 17.7. The van der Waals surface area contributed by atoms with E-state index in [1.807, 2.05) is 52.1 Å². The number of halogens is 1. The number of anilines is 1. The molecule has 1 aliphatic heterocycles. The largest absolute Gasteiger partial charge is 0.497 e. The van der Waals surface area contributed by atoms with Crippen LogP contribution in [0.25, 0.3) is 0 Å². The Labute approximate surface area is 208 Å². The third-order valence-electron chi connectivity index (χ3n) is 6.16. The minimum absolute atomic E-state index is 0.00893. The van der Waals surface area contributed by atoms with E-state index in [1.54, 1.807) is 12.0 Å². The van der Waals surface area contributed by atoms with E-state index in [0.29, 0.717) is 23.0 Å². The molecule has 0 radical (unpaired) electrons. The number of carbonyl (C=O) groups is 1. The van der Waals surface area contributed by atoms with Crippen LogP contribution >= 0.6 is 11.6 Å². The highest BCUT2D eigenvalue weighted by atomic mass is 35.5. The Morgan fingerprint density at radius 1 is 1.26 bits per heavy atom. The van der Waals surface area contributed by atoms with Gasteiger partial charge in [0.1, 0.15) is 11.4 Å². The molecule has 7 heteroatoms. The number of rotatable bonds is 7. The number of nitrogens with zero attached hydrogens (tertiary/aromatic N) is 2. The van der Waals surface area contributed by atoms with Gasteiger partial charge in [-0.1, -0.05) is 37.6 Å². The van der Waals surface area contributed by atoms with Gasteiger partial charge in [-0.15, -0.1) is 0 Å². The smallest absolute Gasteiger partial charge is 0.410 e. The van der Waals surface area contributed by atoms with Crippen LogP contribution in [0, 0.1) is 0 Å². The monoisotopic (exact) mass is 488 g/mol. The van der Waals surface area contributed by atoms with Gasteiger partial charge in [0, 0.05) is 36.6 Å². The molecule has 2 atom stereocenters. The fraction of sp³-hybridized carbons (Fsp3) is 0.519. The Kier molecular flexibility index (Phi) is 8.24. The van der Waals surface area contributed by atoms with Crippen molar-refractivity contribution in [2.75, 3.05) is 19.1 Å². The predicted octanol–water partition coefficient (Wildman–Crippen LogP) is 7.05. The molecule has 2 unspecified atom stereocenters. The molecule has 0 aromatic heterocycles. The number of hydrogen-bond donors (Lipinski definition) is 0. The number of methoxy groups -OCH3 is 1. The lowest BCUT2D eigenvalue weighted by molar-refractivity contribution is 0.0204. The van der Waals surface area contributed by atoms with Gasteiger partial charge in [-0.3, -0.25) is 0 Å². The second kappa shape index (κ2) is 10.8. The molecule has 1 amide bonds. The third-order valence-corrected chi connectivity index (χ3v) is 6.39. The summed E-state index contributed by atoms with van der Waals surface area (Å²) in [6, 6.07) is 5.83. The van der Waals surface area contributed by atoms with Gasteiger partial charge in [0.05, 0.1) is 18.5 Å². The Hall–Kier alpha value is -2.60. The van der Waals surface area contributed by atoms with E-state index in [2.05, 4.69) is 30.9 Å². The highest BCUT2D eigenvalue weighted by Gasteiger charge is 2.36. The van der Waals surface area contributed by atoms with Gasteiger partial charge >= 0.3 is 6.09 Å². The molecule has 186 valence electrons. The first kappa shape index (κ1) is 26.0. The Morgan fingerprint density at radius 2 is 2.00 bits per heavy atom. The van der Waals surface area contributed by atoms with Crippen molar-refractivity contribution in [1.82, 2.24) is 4.90 Å². The summed E-state index contributed by atoms with van der Waals surface area (Å²) in [5.74, 6) is 2.17. The number of benzene rings is 1. The maximum Gasteiger partial charge on any atom is 0.410 e. The zero-order valence-electron chi connectivity index (χ0n) is 21.4. The average molecular weight is 489 g/mol. The molecule has 0 N–H and O–H groups in total. The molecule has 3 rings (SSSR count). The van der Waals surface area contributed by atoms with Crippen molar-refractivity contribution in [2.45, 2.75) is 78.0 Å². The van der Waals surface area contributed by atoms with E-state index >= 15 is 0 Å². The van der Waals surface area contributed by atoms with Gasteiger partial charge in [-0.2, -0.15) is 0 Å². The van der Waals surface area contributed by atoms with Gasteiger partial charge in [-0.05, 0) is 58.2 Å².